The van der Waals surface area contributed by atoms with Gasteiger partial charge in [-0.25, -0.2) is 19.9 Å². The van der Waals surface area contributed by atoms with E-state index in [9.17, 15) is 0 Å². The van der Waals surface area contributed by atoms with Crippen LogP contribution in [-0.4, -0.2) is 19.9 Å². The molecule has 5 heteroatoms. The lowest BCUT2D eigenvalue weighted by Crippen LogP contribution is -2.01. The van der Waals surface area contributed by atoms with E-state index in [2.05, 4.69) is 72.8 Å². The second-order valence-electron chi connectivity index (χ2n) is 10.3. The highest BCUT2D eigenvalue weighted by molar-refractivity contribution is 7.26. The molecule has 5 aromatic carbocycles. The number of hydrogen-bond donors (Lipinski definition) is 0. The van der Waals surface area contributed by atoms with Crippen LogP contribution < -0.4 is 0 Å². The summed E-state index contributed by atoms with van der Waals surface area (Å²) in [5.41, 5.74) is 7.03. The van der Waals surface area contributed by atoms with Gasteiger partial charge in [0.15, 0.2) is 17.5 Å². The minimum atomic E-state index is 0.546. The molecule has 43 heavy (non-hydrogen) atoms. The van der Waals surface area contributed by atoms with Gasteiger partial charge in [0.05, 0.1) is 5.69 Å². The zero-order valence-corrected chi connectivity index (χ0v) is 23.9. The normalized spacial score (nSPS) is 11.3. The fourth-order valence-corrected chi connectivity index (χ4v) is 6.86. The number of rotatable bonds is 5. The number of hydrogen-bond acceptors (Lipinski definition) is 5. The molecule has 0 aliphatic carbocycles. The maximum absolute atomic E-state index is 5.14. The molecule has 8 rings (SSSR count). The standard InChI is InChI=1S/C38H24N4S/c1-4-13-25(14-5-1)28-19-10-20-29-30-21-11-22-31(35(30)43-34(28)29)32-23-12-24-33(39-32)38-41-36(26-15-6-2-7-16-26)40-37(42-38)27-17-8-3-9-18-27/h1-24H. The third kappa shape index (κ3) is 4.66. The molecular formula is C38H24N4S. The second-order valence-corrected chi connectivity index (χ2v) is 11.3. The molecule has 0 aliphatic heterocycles. The van der Waals surface area contributed by atoms with Crippen molar-refractivity contribution in [3.63, 3.8) is 0 Å². The summed E-state index contributed by atoms with van der Waals surface area (Å²) >= 11 is 1.82. The van der Waals surface area contributed by atoms with E-state index in [1.54, 1.807) is 0 Å². The molecule has 3 aromatic heterocycles. The van der Waals surface area contributed by atoms with E-state index in [-0.39, 0.29) is 0 Å². The molecule has 0 aliphatic rings. The van der Waals surface area contributed by atoms with Gasteiger partial charge in [-0.3, -0.25) is 0 Å². The van der Waals surface area contributed by atoms with Crippen molar-refractivity contribution in [3.8, 4) is 56.7 Å². The van der Waals surface area contributed by atoms with E-state index in [1.165, 1.54) is 31.3 Å². The molecule has 0 saturated carbocycles. The van der Waals surface area contributed by atoms with Crippen molar-refractivity contribution in [2.45, 2.75) is 0 Å². The van der Waals surface area contributed by atoms with Crippen molar-refractivity contribution < 1.29 is 0 Å². The van der Waals surface area contributed by atoms with E-state index in [4.69, 9.17) is 19.9 Å². The van der Waals surface area contributed by atoms with Gasteiger partial charge in [-0.05, 0) is 23.3 Å². The lowest BCUT2D eigenvalue weighted by molar-refractivity contribution is 1.06. The predicted octanol–water partition coefficient (Wildman–Crippen LogP) is 9.97. The van der Waals surface area contributed by atoms with Crippen molar-refractivity contribution in [2.75, 3.05) is 0 Å². The van der Waals surface area contributed by atoms with E-state index in [0.29, 0.717) is 23.2 Å². The molecule has 0 atom stereocenters. The highest BCUT2D eigenvalue weighted by Crippen LogP contribution is 2.43. The number of pyridine rings is 1. The maximum Gasteiger partial charge on any atom is 0.182 e. The summed E-state index contributed by atoms with van der Waals surface area (Å²) in [5, 5.41) is 2.50. The molecule has 0 unspecified atom stereocenters. The van der Waals surface area contributed by atoms with Gasteiger partial charge < -0.3 is 0 Å². The first-order valence-corrected chi connectivity index (χ1v) is 15.0. The summed E-state index contributed by atoms with van der Waals surface area (Å²) in [6.07, 6.45) is 0. The van der Waals surface area contributed by atoms with Crippen LogP contribution in [0.1, 0.15) is 0 Å². The molecule has 0 N–H and O–H groups in total. The first-order chi connectivity index (χ1) is 21.3. The Morgan fingerprint density at radius 3 is 1.40 bits per heavy atom. The third-order valence-electron chi connectivity index (χ3n) is 7.56. The van der Waals surface area contributed by atoms with Crippen LogP contribution in [0.4, 0.5) is 0 Å². The van der Waals surface area contributed by atoms with E-state index < -0.39 is 0 Å². The number of aromatic nitrogens is 4. The van der Waals surface area contributed by atoms with Gasteiger partial charge in [0.1, 0.15) is 5.69 Å². The minimum absolute atomic E-state index is 0.546. The van der Waals surface area contributed by atoms with Crippen molar-refractivity contribution in [2.24, 2.45) is 0 Å². The highest BCUT2D eigenvalue weighted by Gasteiger charge is 2.17. The van der Waals surface area contributed by atoms with Crippen LogP contribution in [0.15, 0.2) is 146 Å². The molecule has 0 radical (unpaired) electrons. The van der Waals surface area contributed by atoms with Gasteiger partial charge in [0.25, 0.3) is 0 Å². The second kappa shape index (κ2) is 10.7. The Bertz CT molecular complexity index is 2170. The predicted molar refractivity (Wildman–Crippen MR) is 178 cm³/mol. The average Bonchev–Trinajstić information content (AvgIpc) is 3.48. The van der Waals surface area contributed by atoms with Gasteiger partial charge in [-0.15, -0.1) is 11.3 Å². The van der Waals surface area contributed by atoms with Crippen molar-refractivity contribution in [1.29, 1.82) is 0 Å². The van der Waals surface area contributed by atoms with Crippen LogP contribution in [0.25, 0.3) is 76.9 Å². The Morgan fingerprint density at radius 2 is 0.791 bits per heavy atom. The first-order valence-electron chi connectivity index (χ1n) is 14.2. The largest absolute Gasteiger partial charge is 0.244 e. The van der Waals surface area contributed by atoms with Crippen molar-refractivity contribution in [1.82, 2.24) is 19.9 Å². The summed E-state index contributed by atoms with van der Waals surface area (Å²) in [6.45, 7) is 0. The van der Waals surface area contributed by atoms with Gasteiger partial charge in [-0.2, -0.15) is 0 Å². The third-order valence-corrected chi connectivity index (χ3v) is 8.85. The molecule has 0 fully saturated rings. The van der Waals surface area contributed by atoms with Gasteiger partial charge in [-0.1, -0.05) is 133 Å². The molecular weight excluding hydrogens is 545 g/mol. The summed E-state index contributed by atoms with van der Waals surface area (Å²) in [7, 11) is 0. The Hall–Kier alpha value is -5.52. The number of nitrogens with zero attached hydrogens (tertiary/aromatic N) is 4. The van der Waals surface area contributed by atoms with Crippen molar-refractivity contribution in [3.05, 3.63) is 146 Å². The lowest BCUT2D eigenvalue weighted by atomic mass is 10.0. The Morgan fingerprint density at radius 1 is 0.326 bits per heavy atom. The molecule has 0 bridgehead atoms. The lowest BCUT2D eigenvalue weighted by Gasteiger charge is -2.09. The maximum atomic E-state index is 5.14. The minimum Gasteiger partial charge on any atom is -0.244 e. The fraction of sp³-hybridized carbons (Fsp3) is 0. The molecule has 0 spiro atoms. The van der Waals surface area contributed by atoms with Gasteiger partial charge in [0, 0.05) is 36.9 Å². The molecule has 0 saturated heterocycles. The Kier molecular flexibility index (Phi) is 6.28. The van der Waals surface area contributed by atoms with E-state index in [0.717, 1.165) is 22.4 Å². The van der Waals surface area contributed by atoms with Crippen LogP contribution in [0.5, 0.6) is 0 Å². The molecule has 3 heterocycles. The molecule has 8 aromatic rings. The highest BCUT2D eigenvalue weighted by atomic mass is 32.1. The number of benzene rings is 5. The van der Waals surface area contributed by atoms with E-state index >= 15 is 0 Å². The van der Waals surface area contributed by atoms with Gasteiger partial charge >= 0.3 is 0 Å². The quantitative estimate of drug-likeness (QED) is 0.207. The number of thiophene rings is 1. The average molecular weight is 569 g/mol. The first kappa shape index (κ1) is 25.2. The summed E-state index contributed by atoms with van der Waals surface area (Å²) in [5.74, 6) is 1.79. The van der Waals surface area contributed by atoms with Gasteiger partial charge in [0.2, 0.25) is 0 Å². The van der Waals surface area contributed by atoms with Crippen molar-refractivity contribution >= 4 is 31.5 Å². The van der Waals surface area contributed by atoms with Crippen LogP contribution in [-0.2, 0) is 0 Å². The topological polar surface area (TPSA) is 51.6 Å². The Labute approximate surface area is 253 Å². The Balaban J connectivity index is 1.29. The van der Waals surface area contributed by atoms with Crippen LogP contribution in [0.2, 0.25) is 0 Å². The zero-order valence-electron chi connectivity index (χ0n) is 23.1. The van der Waals surface area contributed by atoms with E-state index in [1.807, 2.05) is 84.1 Å². The summed E-state index contributed by atoms with van der Waals surface area (Å²) in [4.78, 5) is 19.8. The molecule has 0 amide bonds. The molecule has 4 nitrogen and oxygen atoms in total. The van der Waals surface area contributed by atoms with Crippen LogP contribution in [0.3, 0.4) is 0 Å². The fourth-order valence-electron chi connectivity index (χ4n) is 5.50. The molecule has 202 valence electrons. The van der Waals surface area contributed by atoms with Crippen LogP contribution >= 0.6 is 11.3 Å². The summed E-state index contributed by atoms with van der Waals surface area (Å²) in [6, 6.07) is 49.8. The number of fused-ring (bicyclic) bond motifs is 3. The monoisotopic (exact) mass is 568 g/mol. The summed E-state index contributed by atoms with van der Waals surface area (Å²) < 4.78 is 2.50. The zero-order chi connectivity index (χ0) is 28.6. The smallest absolute Gasteiger partial charge is 0.182 e. The van der Waals surface area contributed by atoms with Crippen LogP contribution in [0, 0.1) is 0 Å². The SMILES string of the molecule is c1ccc(-c2nc(-c3ccccc3)nc(-c3cccc(-c4cccc5c4sc4c(-c6ccccc6)cccc45)n3)n2)cc1.